The molecule has 0 aliphatic heterocycles. The maximum Gasteiger partial charge on any atom is 0.331 e. The Kier molecular flexibility index (Phi) is 33.3. The van der Waals surface area contributed by atoms with Crippen molar-refractivity contribution in [2.24, 2.45) is 0 Å². The first kappa shape index (κ1) is 47.1. The van der Waals surface area contributed by atoms with Crippen LogP contribution >= 0.6 is 15.2 Å². The zero-order valence-electron chi connectivity index (χ0n) is 30.2. The van der Waals surface area contributed by atoms with E-state index in [1.165, 1.54) is 32.1 Å². The van der Waals surface area contributed by atoms with Crippen LogP contribution in [-0.2, 0) is 37.1 Å². The Balaban J connectivity index is 3.86. The summed E-state index contributed by atoms with van der Waals surface area (Å²) in [7, 11) is -7.39. The number of ether oxygens (including phenoxy) is 4. The maximum absolute atomic E-state index is 13.1. The third kappa shape index (κ3) is 31.8. The Morgan fingerprint density at radius 3 is 1.38 bits per heavy atom. The van der Waals surface area contributed by atoms with Gasteiger partial charge in [-0.15, -0.1) is 0 Å². The summed E-state index contributed by atoms with van der Waals surface area (Å²) in [6.07, 6.45) is 17.8. The minimum Gasteiger partial charge on any atom is -0.388 e. The Labute approximate surface area is 287 Å². The number of rotatable bonds is 38. The molecule has 3 unspecified atom stereocenters. The standard InChI is InChI=1S/C34H72O11P2/c1-4-7-10-13-16-19-30-46(36,37)44-29-28-42-25-24-40-22-23-41-26-27-43-31-33(35)32-45-47(38,39)34(20-17-14-11-8-5-2)21-18-15-12-9-6-3/h33-35H,4-32H2,1-3H3,(H,36,37)(H,38,39). The molecule has 13 heteroatoms. The van der Waals surface area contributed by atoms with Crippen molar-refractivity contribution < 1.29 is 52.0 Å². The molecular weight excluding hydrogens is 646 g/mol. The molecule has 0 aliphatic rings. The minimum atomic E-state index is -3.84. The molecule has 47 heavy (non-hydrogen) atoms. The molecule has 0 heterocycles. The number of hydrogen-bond acceptors (Lipinski definition) is 9. The largest absolute Gasteiger partial charge is 0.388 e. The molecule has 0 radical (unpaired) electrons. The summed E-state index contributed by atoms with van der Waals surface area (Å²) >= 11 is 0. The highest BCUT2D eigenvalue weighted by molar-refractivity contribution is 7.53. The first-order valence-electron chi connectivity index (χ1n) is 18.6. The van der Waals surface area contributed by atoms with E-state index in [1.54, 1.807) is 0 Å². The van der Waals surface area contributed by atoms with Gasteiger partial charge in [-0.2, -0.15) is 0 Å². The lowest BCUT2D eigenvalue weighted by atomic mass is 10.0. The lowest BCUT2D eigenvalue weighted by Gasteiger charge is -2.24. The lowest BCUT2D eigenvalue weighted by molar-refractivity contribution is -0.0260. The van der Waals surface area contributed by atoms with E-state index < -0.39 is 21.3 Å². The summed E-state index contributed by atoms with van der Waals surface area (Å²) in [5.41, 5.74) is -0.388. The molecule has 0 aromatic carbocycles. The second-order valence-corrected chi connectivity index (χ2v) is 16.5. The van der Waals surface area contributed by atoms with E-state index in [0.717, 1.165) is 64.2 Å². The van der Waals surface area contributed by atoms with Crippen molar-refractivity contribution in [2.45, 2.75) is 148 Å². The number of aliphatic hydroxyl groups is 1. The molecule has 0 aromatic heterocycles. The van der Waals surface area contributed by atoms with Crippen molar-refractivity contribution in [3.05, 3.63) is 0 Å². The van der Waals surface area contributed by atoms with Crippen LogP contribution in [0.15, 0.2) is 0 Å². The predicted molar refractivity (Wildman–Crippen MR) is 190 cm³/mol. The van der Waals surface area contributed by atoms with E-state index in [9.17, 15) is 24.0 Å². The molecule has 3 N–H and O–H groups in total. The third-order valence-corrected chi connectivity index (χ3v) is 11.4. The van der Waals surface area contributed by atoms with E-state index in [2.05, 4.69) is 20.8 Å². The summed E-state index contributed by atoms with van der Waals surface area (Å²) in [6.45, 7) is 8.61. The van der Waals surface area contributed by atoms with Crippen LogP contribution in [-0.4, -0.2) is 98.9 Å². The second-order valence-electron chi connectivity index (χ2n) is 12.4. The molecule has 11 nitrogen and oxygen atoms in total. The van der Waals surface area contributed by atoms with Gasteiger partial charge in [-0.05, 0) is 19.3 Å². The van der Waals surface area contributed by atoms with Crippen molar-refractivity contribution in [3.8, 4) is 0 Å². The van der Waals surface area contributed by atoms with Gasteiger partial charge in [0.2, 0.25) is 0 Å². The molecule has 0 spiro atoms. The maximum atomic E-state index is 13.1. The molecule has 284 valence electrons. The fourth-order valence-corrected chi connectivity index (χ4v) is 7.78. The van der Waals surface area contributed by atoms with Crippen molar-refractivity contribution in [1.29, 1.82) is 0 Å². The van der Waals surface area contributed by atoms with Gasteiger partial charge in [0.15, 0.2) is 0 Å². The summed E-state index contributed by atoms with van der Waals surface area (Å²) in [5.74, 6) is 0. The fourth-order valence-electron chi connectivity index (χ4n) is 5.06. The minimum absolute atomic E-state index is 0.00953. The van der Waals surface area contributed by atoms with E-state index in [4.69, 9.17) is 28.0 Å². The zero-order valence-corrected chi connectivity index (χ0v) is 32.0. The number of hydrogen-bond donors (Lipinski definition) is 3. The smallest absolute Gasteiger partial charge is 0.331 e. The molecule has 3 atom stereocenters. The van der Waals surface area contributed by atoms with Crippen LogP contribution in [0.2, 0.25) is 0 Å². The van der Waals surface area contributed by atoms with Gasteiger partial charge in [-0.25, -0.2) is 0 Å². The van der Waals surface area contributed by atoms with Crippen LogP contribution in [0.4, 0.5) is 0 Å². The van der Waals surface area contributed by atoms with Gasteiger partial charge in [-0.1, -0.05) is 117 Å². The van der Waals surface area contributed by atoms with E-state index in [1.807, 2.05) is 0 Å². The zero-order chi connectivity index (χ0) is 34.9. The molecule has 0 saturated carbocycles. The van der Waals surface area contributed by atoms with Crippen molar-refractivity contribution in [1.82, 2.24) is 0 Å². The van der Waals surface area contributed by atoms with E-state index >= 15 is 0 Å². The number of unbranched alkanes of at least 4 members (excludes halogenated alkanes) is 13. The highest BCUT2D eigenvalue weighted by Gasteiger charge is 2.32. The van der Waals surface area contributed by atoms with Crippen LogP contribution in [0.5, 0.6) is 0 Å². The summed E-state index contributed by atoms with van der Waals surface area (Å²) in [6, 6.07) is 0. The van der Waals surface area contributed by atoms with Gasteiger partial charge in [0.25, 0.3) is 0 Å². The van der Waals surface area contributed by atoms with E-state index in [-0.39, 0.29) is 44.9 Å². The first-order chi connectivity index (χ1) is 22.7. The topological polar surface area (TPSA) is 150 Å². The monoisotopic (exact) mass is 718 g/mol. The van der Waals surface area contributed by atoms with Gasteiger partial charge < -0.3 is 42.9 Å². The van der Waals surface area contributed by atoms with Crippen LogP contribution in [0.3, 0.4) is 0 Å². The van der Waals surface area contributed by atoms with Crippen molar-refractivity contribution >= 4 is 15.2 Å². The SMILES string of the molecule is CCCCCCCCP(=O)(O)OCCOCCOCCOCCOCC(O)COP(=O)(O)C(CCCCCCC)CCCCCCC. The van der Waals surface area contributed by atoms with Crippen molar-refractivity contribution in [2.75, 3.05) is 72.2 Å². The van der Waals surface area contributed by atoms with Crippen LogP contribution < -0.4 is 0 Å². The Morgan fingerprint density at radius 2 is 0.894 bits per heavy atom. The molecular formula is C34H72O11P2. The van der Waals surface area contributed by atoms with E-state index in [0.29, 0.717) is 52.3 Å². The van der Waals surface area contributed by atoms with Crippen molar-refractivity contribution in [3.63, 3.8) is 0 Å². The molecule has 0 saturated heterocycles. The van der Waals surface area contributed by atoms with Gasteiger partial charge in [0.1, 0.15) is 6.10 Å². The van der Waals surface area contributed by atoms with Gasteiger partial charge >= 0.3 is 15.2 Å². The molecule has 0 bridgehead atoms. The quantitative estimate of drug-likeness (QED) is 0.0418. The number of aliphatic hydroxyl groups excluding tert-OH is 1. The summed E-state index contributed by atoms with van der Waals surface area (Å²) in [5, 5.41) is 10.2. The van der Waals surface area contributed by atoms with Crippen LogP contribution in [0.1, 0.15) is 136 Å². The highest BCUT2D eigenvalue weighted by Crippen LogP contribution is 2.51. The Hall–Kier alpha value is 0.1000. The molecule has 0 aromatic rings. The molecule has 0 fully saturated rings. The lowest BCUT2D eigenvalue weighted by Crippen LogP contribution is -2.24. The van der Waals surface area contributed by atoms with Gasteiger partial charge in [0, 0.05) is 6.16 Å². The summed E-state index contributed by atoms with van der Waals surface area (Å²) in [4.78, 5) is 20.6. The predicted octanol–water partition coefficient (Wildman–Crippen LogP) is 8.27. The first-order valence-corrected chi connectivity index (χ1v) is 22.0. The van der Waals surface area contributed by atoms with Gasteiger partial charge in [0.05, 0.1) is 71.7 Å². The summed E-state index contributed by atoms with van der Waals surface area (Å²) < 4.78 is 57.3. The van der Waals surface area contributed by atoms with Gasteiger partial charge in [-0.3, -0.25) is 9.13 Å². The second kappa shape index (κ2) is 33.3. The van der Waals surface area contributed by atoms with Crippen LogP contribution in [0.25, 0.3) is 0 Å². The molecule has 0 aliphatic carbocycles. The average molecular weight is 719 g/mol. The Morgan fingerprint density at radius 1 is 0.489 bits per heavy atom. The molecule has 0 rings (SSSR count). The Bertz CT molecular complexity index is 746. The fraction of sp³-hybridized carbons (Fsp3) is 1.00. The van der Waals surface area contributed by atoms with Crippen LogP contribution in [0, 0.1) is 0 Å². The molecule has 0 amide bonds. The highest BCUT2D eigenvalue weighted by atomic mass is 31.2. The third-order valence-electron chi connectivity index (χ3n) is 7.94. The average Bonchev–Trinajstić information content (AvgIpc) is 3.04. The normalized spacial score (nSPS) is 15.2.